The molecule has 164 valence electrons. The van der Waals surface area contributed by atoms with Gasteiger partial charge in [0.25, 0.3) is 0 Å². The van der Waals surface area contributed by atoms with Crippen molar-refractivity contribution in [3.63, 3.8) is 0 Å². The van der Waals surface area contributed by atoms with Crippen molar-refractivity contribution in [2.24, 2.45) is 5.16 Å². The second-order valence-corrected chi connectivity index (χ2v) is 9.81. The van der Waals surface area contributed by atoms with E-state index in [0.29, 0.717) is 6.42 Å². The first-order valence-electron chi connectivity index (χ1n) is 11.8. The highest BCUT2D eigenvalue weighted by Crippen LogP contribution is 2.16. The molecule has 0 amide bonds. The summed E-state index contributed by atoms with van der Waals surface area (Å²) in [6.45, 7) is 2.26. The number of unbranched alkanes of at least 4 members (excludes halogenated alkanes) is 12. The van der Waals surface area contributed by atoms with E-state index < -0.39 is 10.1 Å². The molecule has 0 N–H and O–H groups in total. The van der Waals surface area contributed by atoms with Gasteiger partial charge < -0.3 is 0 Å². The fourth-order valence-electron chi connectivity index (χ4n) is 3.55. The summed E-state index contributed by atoms with van der Waals surface area (Å²) >= 11 is 0. The van der Waals surface area contributed by atoms with Gasteiger partial charge in [-0.3, -0.25) is 4.28 Å². The Morgan fingerprint density at radius 3 is 1.86 bits per heavy atom. The third-order valence-electron chi connectivity index (χ3n) is 5.37. The lowest BCUT2D eigenvalue weighted by Gasteiger charge is -2.03. The molecule has 28 heavy (non-hydrogen) atoms. The number of hydrogen-bond donors (Lipinski definition) is 0. The van der Waals surface area contributed by atoms with Crippen molar-refractivity contribution in [3.8, 4) is 0 Å². The maximum atomic E-state index is 11.8. The minimum Gasteiger partial charge on any atom is -0.269 e. The fraction of sp³-hybridized carbons (Fsp3) is 0.870. The molecule has 1 rings (SSSR count). The third kappa shape index (κ3) is 15.1. The van der Waals surface area contributed by atoms with Crippen LogP contribution in [0, 0.1) is 0 Å². The molecule has 1 fully saturated rings. The van der Waals surface area contributed by atoms with Crippen LogP contribution in [0.3, 0.4) is 0 Å². The van der Waals surface area contributed by atoms with Crippen molar-refractivity contribution >= 4 is 15.8 Å². The minimum absolute atomic E-state index is 0.0883. The van der Waals surface area contributed by atoms with Crippen molar-refractivity contribution in [2.75, 3.05) is 5.75 Å². The van der Waals surface area contributed by atoms with E-state index in [-0.39, 0.29) is 5.75 Å². The van der Waals surface area contributed by atoms with Crippen LogP contribution in [0.15, 0.2) is 17.3 Å². The Balaban J connectivity index is 1.85. The number of allylic oxidation sites excluding steroid dienone is 2. The van der Waals surface area contributed by atoms with Crippen LogP contribution < -0.4 is 0 Å². The van der Waals surface area contributed by atoms with E-state index in [0.717, 1.165) is 44.2 Å². The lowest BCUT2D eigenvalue weighted by Crippen LogP contribution is -2.08. The standard InChI is InChI=1S/C23H43NO3S/c1-2-3-4-5-6-7-8-9-10-11-12-13-14-15-16-19-22-28(25,26)27-24-23-20-17-18-21-23/h9-10H,2-8,11-22H2,1H3/b10-9-. The van der Waals surface area contributed by atoms with Gasteiger partial charge >= 0.3 is 10.1 Å². The lowest BCUT2D eigenvalue weighted by atomic mass is 10.1. The molecular weight excluding hydrogens is 370 g/mol. The molecule has 0 aliphatic heterocycles. The van der Waals surface area contributed by atoms with Crippen molar-refractivity contribution in [1.29, 1.82) is 0 Å². The number of rotatable bonds is 18. The van der Waals surface area contributed by atoms with E-state index in [9.17, 15) is 8.42 Å². The zero-order valence-corrected chi connectivity index (χ0v) is 19.0. The normalized spacial score (nSPS) is 14.8. The van der Waals surface area contributed by atoms with E-state index >= 15 is 0 Å². The lowest BCUT2D eigenvalue weighted by molar-refractivity contribution is 0.336. The molecule has 0 saturated heterocycles. The van der Waals surface area contributed by atoms with Gasteiger partial charge in [-0.2, -0.15) is 8.42 Å². The predicted octanol–water partition coefficient (Wildman–Crippen LogP) is 7.30. The molecule has 0 bridgehead atoms. The Kier molecular flexibility index (Phi) is 15.3. The van der Waals surface area contributed by atoms with Gasteiger partial charge in [-0.15, -0.1) is 0 Å². The van der Waals surface area contributed by atoms with E-state index in [1.54, 1.807) is 0 Å². The first-order valence-corrected chi connectivity index (χ1v) is 13.3. The van der Waals surface area contributed by atoms with Crippen LogP contribution in [-0.4, -0.2) is 19.9 Å². The smallest absolute Gasteiger partial charge is 0.269 e. The molecule has 0 heterocycles. The summed E-state index contributed by atoms with van der Waals surface area (Å²) in [5.41, 5.74) is 0.893. The van der Waals surface area contributed by atoms with Gasteiger partial charge in [0.05, 0.1) is 11.5 Å². The van der Waals surface area contributed by atoms with Crippen LogP contribution >= 0.6 is 0 Å². The largest absolute Gasteiger partial charge is 0.328 e. The second kappa shape index (κ2) is 17.1. The first-order chi connectivity index (χ1) is 13.6. The van der Waals surface area contributed by atoms with Gasteiger partial charge in [0.15, 0.2) is 0 Å². The number of hydrogen-bond acceptors (Lipinski definition) is 4. The Bertz CT molecular complexity index is 518. The zero-order valence-electron chi connectivity index (χ0n) is 18.2. The van der Waals surface area contributed by atoms with Crippen molar-refractivity contribution in [1.82, 2.24) is 0 Å². The van der Waals surface area contributed by atoms with Crippen LogP contribution in [0.5, 0.6) is 0 Å². The fourth-order valence-corrected chi connectivity index (χ4v) is 4.40. The molecule has 5 heteroatoms. The summed E-state index contributed by atoms with van der Waals surface area (Å²) in [4.78, 5) is 0. The molecule has 1 aliphatic carbocycles. The van der Waals surface area contributed by atoms with Crippen LogP contribution in [0.25, 0.3) is 0 Å². The van der Waals surface area contributed by atoms with Gasteiger partial charge in [0.1, 0.15) is 0 Å². The van der Waals surface area contributed by atoms with Gasteiger partial charge in [-0.25, -0.2) is 0 Å². The molecule has 0 radical (unpaired) electrons. The van der Waals surface area contributed by atoms with E-state index in [2.05, 4.69) is 24.2 Å². The molecule has 1 saturated carbocycles. The Morgan fingerprint density at radius 1 is 0.786 bits per heavy atom. The van der Waals surface area contributed by atoms with Crippen LogP contribution in [0.1, 0.15) is 122 Å². The Labute approximate surface area is 174 Å². The average molecular weight is 414 g/mol. The van der Waals surface area contributed by atoms with Gasteiger partial charge in [0, 0.05) is 0 Å². The molecule has 0 unspecified atom stereocenters. The van der Waals surface area contributed by atoms with Gasteiger partial charge in [-0.05, 0) is 57.8 Å². The monoisotopic (exact) mass is 413 g/mol. The highest BCUT2D eigenvalue weighted by molar-refractivity contribution is 7.86. The quantitative estimate of drug-likeness (QED) is 0.134. The molecule has 0 aromatic heterocycles. The molecule has 0 aromatic carbocycles. The highest BCUT2D eigenvalue weighted by atomic mass is 32.2. The molecule has 0 spiro atoms. The van der Waals surface area contributed by atoms with Gasteiger partial charge in [0.2, 0.25) is 0 Å². The number of nitrogens with zero attached hydrogens (tertiary/aromatic N) is 1. The SMILES string of the molecule is CCCCCCCC/C=C\CCCCCCCCS(=O)(=O)ON=C1CCCC1. The highest BCUT2D eigenvalue weighted by Gasteiger charge is 2.14. The van der Waals surface area contributed by atoms with Crippen LogP contribution in [-0.2, 0) is 14.4 Å². The predicted molar refractivity (Wildman–Crippen MR) is 120 cm³/mol. The second-order valence-electron chi connectivity index (χ2n) is 8.14. The Morgan fingerprint density at radius 2 is 1.29 bits per heavy atom. The van der Waals surface area contributed by atoms with Crippen LogP contribution in [0.4, 0.5) is 0 Å². The molecular formula is C23H43NO3S. The average Bonchev–Trinajstić information content (AvgIpc) is 3.20. The van der Waals surface area contributed by atoms with E-state index in [4.69, 9.17) is 4.28 Å². The summed E-state index contributed by atoms with van der Waals surface area (Å²) in [5, 5.41) is 3.81. The van der Waals surface area contributed by atoms with Crippen molar-refractivity contribution in [3.05, 3.63) is 12.2 Å². The summed E-state index contributed by atoms with van der Waals surface area (Å²) in [5.74, 6) is 0.0883. The van der Waals surface area contributed by atoms with Crippen LogP contribution in [0.2, 0.25) is 0 Å². The summed E-state index contributed by atoms with van der Waals surface area (Å²) in [7, 11) is -3.49. The van der Waals surface area contributed by atoms with Crippen molar-refractivity contribution in [2.45, 2.75) is 122 Å². The summed E-state index contributed by atoms with van der Waals surface area (Å²) in [6, 6.07) is 0. The number of oxime groups is 1. The van der Waals surface area contributed by atoms with Crippen molar-refractivity contribution < 1.29 is 12.7 Å². The van der Waals surface area contributed by atoms with E-state index in [1.807, 2.05) is 0 Å². The topological polar surface area (TPSA) is 55.7 Å². The van der Waals surface area contributed by atoms with Gasteiger partial charge in [-0.1, -0.05) is 82.0 Å². The molecule has 0 atom stereocenters. The summed E-state index contributed by atoms with van der Waals surface area (Å²) < 4.78 is 28.4. The minimum atomic E-state index is -3.49. The molecule has 1 aliphatic rings. The molecule has 4 nitrogen and oxygen atoms in total. The first kappa shape index (κ1) is 25.2. The third-order valence-corrected chi connectivity index (χ3v) is 6.46. The van der Waals surface area contributed by atoms with E-state index in [1.165, 1.54) is 70.6 Å². The summed E-state index contributed by atoms with van der Waals surface area (Å²) in [6.07, 6.45) is 25.6. The Hall–Kier alpha value is -0.840. The zero-order chi connectivity index (χ0) is 20.3. The molecule has 0 aromatic rings. The maximum absolute atomic E-state index is 11.8. The maximum Gasteiger partial charge on any atom is 0.328 e.